The number of rotatable bonds is 7. The van der Waals surface area contributed by atoms with Crippen molar-refractivity contribution < 1.29 is 9.59 Å². The molecule has 2 amide bonds. The van der Waals surface area contributed by atoms with Crippen molar-refractivity contribution in [2.45, 2.75) is 12.5 Å². The lowest BCUT2D eigenvalue weighted by atomic mass is 9.93. The first-order valence-electron chi connectivity index (χ1n) is 12.6. The van der Waals surface area contributed by atoms with Gasteiger partial charge in [0, 0.05) is 28.6 Å². The number of fused-ring (bicyclic) bond motifs is 2. The van der Waals surface area contributed by atoms with E-state index in [2.05, 4.69) is 34.6 Å². The van der Waals surface area contributed by atoms with E-state index in [9.17, 15) is 9.59 Å². The maximum absolute atomic E-state index is 13.7. The van der Waals surface area contributed by atoms with E-state index in [4.69, 9.17) is 0 Å². The molecule has 0 fully saturated rings. The van der Waals surface area contributed by atoms with Gasteiger partial charge in [-0.1, -0.05) is 97.1 Å². The van der Waals surface area contributed by atoms with Crippen molar-refractivity contribution in [3.63, 3.8) is 0 Å². The van der Waals surface area contributed by atoms with Crippen LogP contribution in [-0.2, 0) is 11.2 Å². The van der Waals surface area contributed by atoms with Crippen LogP contribution >= 0.6 is 0 Å². The third-order valence-corrected chi connectivity index (χ3v) is 7.03. The predicted octanol–water partition coefficient (Wildman–Crippen LogP) is 5.74. The molecule has 1 aliphatic heterocycles. The molecule has 37 heavy (non-hydrogen) atoms. The second-order valence-electron chi connectivity index (χ2n) is 9.33. The van der Waals surface area contributed by atoms with E-state index >= 15 is 0 Å². The van der Waals surface area contributed by atoms with Gasteiger partial charge in [0.15, 0.2) is 0 Å². The number of aromatic nitrogens is 1. The minimum Gasteiger partial charge on any atom is -0.354 e. The zero-order valence-electron chi connectivity index (χ0n) is 20.4. The summed E-state index contributed by atoms with van der Waals surface area (Å²) in [6, 6.07) is 35.7. The molecule has 0 radical (unpaired) electrons. The van der Waals surface area contributed by atoms with Crippen LogP contribution in [0.25, 0.3) is 22.2 Å². The van der Waals surface area contributed by atoms with Gasteiger partial charge in [-0.2, -0.15) is 0 Å². The third kappa shape index (κ3) is 4.29. The van der Waals surface area contributed by atoms with Gasteiger partial charge >= 0.3 is 0 Å². The van der Waals surface area contributed by atoms with Crippen LogP contribution in [0.4, 0.5) is 0 Å². The molecule has 5 nitrogen and oxygen atoms in total. The molecule has 5 heteroatoms. The Kier molecular flexibility index (Phi) is 6.03. The largest absolute Gasteiger partial charge is 0.354 e. The molecule has 0 aliphatic carbocycles. The number of nitrogens with zero attached hydrogens (tertiary/aromatic N) is 1. The molecule has 1 aliphatic rings. The van der Waals surface area contributed by atoms with Crippen molar-refractivity contribution in [2.75, 3.05) is 13.1 Å². The monoisotopic (exact) mass is 485 g/mol. The Labute approximate surface area is 215 Å². The number of H-pyrrole nitrogens is 1. The third-order valence-electron chi connectivity index (χ3n) is 7.03. The average molecular weight is 486 g/mol. The van der Waals surface area contributed by atoms with Crippen molar-refractivity contribution >= 4 is 22.7 Å². The van der Waals surface area contributed by atoms with Crippen molar-refractivity contribution in [2.24, 2.45) is 0 Å². The topological polar surface area (TPSA) is 65.2 Å². The molecular weight excluding hydrogens is 458 g/mol. The van der Waals surface area contributed by atoms with Crippen LogP contribution in [0.2, 0.25) is 0 Å². The van der Waals surface area contributed by atoms with Crippen LogP contribution in [-0.4, -0.2) is 34.8 Å². The fourth-order valence-electron chi connectivity index (χ4n) is 5.33. The van der Waals surface area contributed by atoms with Crippen LogP contribution in [0, 0.1) is 0 Å². The Balaban J connectivity index is 1.37. The Bertz CT molecular complexity index is 1570. The molecule has 4 aromatic carbocycles. The number of nitrogens with one attached hydrogen (secondary N) is 2. The highest BCUT2D eigenvalue weighted by molar-refractivity contribution is 6.03. The summed E-state index contributed by atoms with van der Waals surface area (Å²) >= 11 is 0. The number of aromatic amines is 1. The fraction of sp³-hybridized carbons (Fsp3) is 0.125. The highest BCUT2D eigenvalue weighted by Gasteiger charge is 2.40. The summed E-state index contributed by atoms with van der Waals surface area (Å²) in [5.41, 5.74) is 6.75. The molecule has 2 N–H and O–H groups in total. The minimum absolute atomic E-state index is 0.0132. The second-order valence-corrected chi connectivity index (χ2v) is 9.33. The van der Waals surface area contributed by atoms with Crippen LogP contribution in [0.15, 0.2) is 109 Å². The van der Waals surface area contributed by atoms with E-state index in [0.717, 1.165) is 45.3 Å². The first-order chi connectivity index (χ1) is 18.2. The molecule has 2 heterocycles. The van der Waals surface area contributed by atoms with Gasteiger partial charge in [0.1, 0.15) is 6.54 Å². The molecule has 0 saturated heterocycles. The standard InChI is InChI=1S/C32H27N3O2/c36-28(33-20-19-22-11-3-1-4-12-22)21-35-31(24-15-7-8-16-25(24)32(35)37)29-26-17-9-10-18-27(26)34-30(29)23-13-5-2-6-14-23/h1-18,31,34H,19-21H2,(H,33,36)/t31-/m0/s1. The summed E-state index contributed by atoms with van der Waals surface area (Å²) < 4.78 is 0. The molecule has 0 unspecified atom stereocenters. The predicted molar refractivity (Wildman–Crippen MR) is 146 cm³/mol. The number of carbonyl (C=O) groups is 2. The molecule has 0 bridgehead atoms. The number of hydrogen-bond donors (Lipinski definition) is 2. The van der Waals surface area contributed by atoms with E-state index in [0.29, 0.717) is 12.1 Å². The SMILES string of the molecule is O=C(CN1C(=O)c2ccccc2[C@H]1c1c(-c2ccccc2)[nH]c2ccccc12)NCCc1ccccc1. The van der Waals surface area contributed by atoms with Crippen molar-refractivity contribution in [3.8, 4) is 11.3 Å². The Morgan fingerprint density at radius 1 is 0.811 bits per heavy atom. The molecule has 182 valence electrons. The molecular formula is C32H27N3O2. The maximum Gasteiger partial charge on any atom is 0.255 e. The lowest BCUT2D eigenvalue weighted by Crippen LogP contribution is -2.40. The minimum atomic E-state index is -0.380. The molecule has 6 rings (SSSR count). The van der Waals surface area contributed by atoms with Crippen LogP contribution in [0.3, 0.4) is 0 Å². The van der Waals surface area contributed by atoms with Gasteiger partial charge in [-0.15, -0.1) is 0 Å². The van der Waals surface area contributed by atoms with Crippen LogP contribution in [0.5, 0.6) is 0 Å². The van der Waals surface area contributed by atoms with E-state index < -0.39 is 0 Å². The van der Waals surface area contributed by atoms with E-state index in [1.807, 2.05) is 84.9 Å². The van der Waals surface area contributed by atoms with Gasteiger partial charge in [-0.05, 0) is 35.2 Å². The molecule has 0 saturated carbocycles. The van der Waals surface area contributed by atoms with Crippen molar-refractivity contribution in [1.29, 1.82) is 0 Å². The summed E-state index contributed by atoms with van der Waals surface area (Å²) in [6.07, 6.45) is 0.741. The first kappa shape index (κ1) is 22.8. The fourth-order valence-corrected chi connectivity index (χ4v) is 5.33. The van der Waals surface area contributed by atoms with Crippen LogP contribution < -0.4 is 5.32 Å². The Morgan fingerprint density at radius 3 is 2.30 bits per heavy atom. The van der Waals surface area contributed by atoms with Crippen molar-refractivity contribution in [3.05, 3.63) is 131 Å². The Hall–Kier alpha value is -4.64. The quantitative estimate of drug-likeness (QED) is 0.309. The highest BCUT2D eigenvalue weighted by atomic mass is 16.2. The summed E-state index contributed by atoms with van der Waals surface area (Å²) in [5, 5.41) is 4.06. The smallest absolute Gasteiger partial charge is 0.255 e. The van der Waals surface area contributed by atoms with Gasteiger partial charge in [-0.3, -0.25) is 9.59 Å². The summed E-state index contributed by atoms with van der Waals surface area (Å²) in [4.78, 5) is 32.1. The number of amides is 2. The zero-order valence-corrected chi connectivity index (χ0v) is 20.4. The zero-order chi connectivity index (χ0) is 25.2. The van der Waals surface area contributed by atoms with Gasteiger partial charge < -0.3 is 15.2 Å². The molecule has 0 spiro atoms. The number of para-hydroxylation sites is 1. The van der Waals surface area contributed by atoms with E-state index in [1.165, 1.54) is 0 Å². The second kappa shape index (κ2) is 9.78. The van der Waals surface area contributed by atoms with Gasteiger partial charge in [0.05, 0.1) is 11.7 Å². The number of carbonyl (C=O) groups excluding carboxylic acids is 2. The molecule has 1 aromatic heterocycles. The van der Waals surface area contributed by atoms with E-state index in [1.54, 1.807) is 4.90 Å². The van der Waals surface area contributed by atoms with Gasteiger partial charge in [0.25, 0.3) is 5.91 Å². The molecule has 1 atom stereocenters. The van der Waals surface area contributed by atoms with Gasteiger partial charge in [-0.25, -0.2) is 0 Å². The molecule has 5 aromatic rings. The summed E-state index contributed by atoms with van der Waals surface area (Å²) in [5.74, 6) is -0.286. The normalized spacial score (nSPS) is 14.6. The Morgan fingerprint density at radius 2 is 1.49 bits per heavy atom. The summed E-state index contributed by atoms with van der Waals surface area (Å²) in [7, 11) is 0. The maximum atomic E-state index is 13.7. The number of benzene rings is 4. The lowest BCUT2D eigenvalue weighted by Gasteiger charge is -2.26. The highest BCUT2D eigenvalue weighted by Crippen LogP contribution is 2.45. The average Bonchev–Trinajstić information content (AvgIpc) is 3.45. The number of hydrogen-bond acceptors (Lipinski definition) is 2. The first-order valence-corrected chi connectivity index (χ1v) is 12.6. The van der Waals surface area contributed by atoms with Crippen molar-refractivity contribution in [1.82, 2.24) is 15.2 Å². The lowest BCUT2D eigenvalue weighted by molar-refractivity contribution is -0.122. The summed E-state index contributed by atoms with van der Waals surface area (Å²) in [6.45, 7) is 0.506. The van der Waals surface area contributed by atoms with Crippen LogP contribution in [0.1, 0.15) is 33.1 Å². The van der Waals surface area contributed by atoms with Gasteiger partial charge in [0.2, 0.25) is 5.91 Å². The van der Waals surface area contributed by atoms with E-state index in [-0.39, 0.29) is 24.4 Å².